The Bertz CT molecular complexity index is 584. The number of nitrogens with one attached hydrogen (secondary N) is 1. The molecular weight excluding hydrogens is 302 g/mol. The van der Waals surface area contributed by atoms with Crippen LogP contribution in [0, 0.1) is 0 Å². The van der Waals surface area contributed by atoms with E-state index >= 15 is 0 Å². The first-order chi connectivity index (χ1) is 9.45. The van der Waals surface area contributed by atoms with Crippen LogP contribution in [0.4, 0.5) is 0 Å². The van der Waals surface area contributed by atoms with E-state index in [2.05, 4.69) is 19.3 Å². The minimum atomic E-state index is -3.74. The van der Waals surface area contributed by atoms with E-state index in [9.17, 15) is 13.2 Å². The monoisotopic (exact) mass is 319 g/mol. The molecule has 0 aromatic carbocycles. The lowest BCUT2D eigenvalue weighted by Gasteiger charge is -2.19. The Morgan fingerprint density at radius 2 is 2.40 bits per heavy atom. The molecule has 0 amide bonds. The van der Waals surface area contributed by atoms with Gasteiger partial charge >= 0.3 is 5.97 Å². The number of thiazole rings is 1. The van der Waals surface area contributed by atoms with Gasteiger partial charge in [0.25, 0.3) is 10.0 Å². The molecule has 1 aliphatic heterocycles. The van der Waals surface area contributed by atoms with Gasteiger partial charge in [-0.15, -0.1) is 11.3 Å². The van der Waals surface area contributed by atoms with Gasteiger partial charge in [0.05, 0.1) is 12.6 Å². The molecule has 1 unspecified atom stereocenters. The quantitative estimate of drug-likeness (QED) is 0.786. The third kappa shape index (κ3) is 3.17. The number of rotatable bonds is 5. The van der Waals surface area contributed by atoms with E-state index in [1.54, 1.807) is 0 Å². The Hall–Kier alpha value is -1.03. The van der Waals surface area contributed by atoms with E-state index in [0.29, 0.717) is 6.54 Å². The zero-order chi connectivity index (χ0) is 14.8. The highest BCUT2D eigenvalue weighted by atomic mass is 32.2. The Labute approximate surface area is 122 Å². The summed E-state index contributed by atoms with van der Waals surface area (Å²) in [7, 11) is -0.571. The van der Waals surface area contributed by atoms with Crippen molar-refractivity contribution in [2.45, 2.75) is 23.1 Å². The maximum Gasteiger partial charge on any atom is 0.358 e. The molecular formula is C11H17N3O4S2. The smallest absolute Gasteiger partial charge is 0.358 e. The molecule has 0 radical (unpaired) electrons. The summed E-state index contributed by atoms with van der Waals surface area (Å²) in [6, 6.07) is 0.194. The molecule has 1 aromatic rings. The molecule has 2 heterocycles. The van der Waals surface area contributed by atoms with Gasteiger partial charge in [0.1, 0.15) is 0 Å². The van der Waals surface area contributed by atoms with E-state index in [1.807, 2.05) is 7.05 Å². The van der Waals surface area contributed by atoms with Crippen LogP contribution in [0.5, 0.6) is 0 Å². The number of aromatic nitrogens is 1. The second-order valence-corrected chi connectivity index (χ2v) is 7.43. The van der Waals surface area contributed by atoms with Gasteiger partial charge in [0.15, 0.2) is 9.90 Å². The molecule has 0 bridgehead atoms. The fourth-order valence-corrected chi connectivity index (χ4v) is 4.41. The van der Waals surface area contributed by atoms with E-state index < -0.39 is 16.0 Å². The van der Waals surface area contributed by atoms with Gasteiger partial charge in [-0.1, -0.05) is 0 Å². The number of ether oxygens (including phenoxy) is 1. The summed E-state index contributed by atoms with van der Waals surface area (Å²) in [6.45, 7) is 1.30. The highest BCUT2D eigenvalue weighted by molar-refractivity contribution is 7.91. The van der Waals surface area contributed by atoms with Crippen molar-refractivity contribution in [3.8, 4) is 0 Å². The number of hydrogen-bond donors (Lipinski definition) is 1. The van der Waals surface area contributed by atoms with E-state index in [4.69, 9.17) is 0 Å². The predicted molar refractivity (Wildman–Crippen MR) is 74.3 cm³/mol. The number of carbonyl (C=O) groups excluding carboxylic acids is 1. The topological polar surface area (TPSA) is 88.6 Å². The van der Waals surface area contributed by atoms with Gasteiger partial charge in [-0.05, 0) is 26.4 Å². The summed E-state index contributed by atoms with van der Waals surface area (Å²) >= 11 is 0.907. The number of carbonyl (C=O) groups is 1. The number of hydrogen-bond acceptors (Lipinski definition) is 7. The van der Waals surface area contributed by atoms with E-state index in [0.717, 1.165) is 30.7 Å². The molecule has 1 atom stereocenters. The van der Waals surface area contributed by atoms with Crippen molar-refractivity contribution >= 4 is 27.3 Å². The van der Waals surface area contributed by atoms with Crippen LogP contribution in [-0.4, -0.2) is 57.6 Å². The average Bonchev–Trinajstić information content (AvgIpc) is 3.04. The Kier molecular flexibility index (Phi) is 4.74. The van der Waals surface area contributed by atoms with Crippen LogP contribution in [0.25, 0.3) is 0 Å². The summed E-state index contributed by atoms with van der Waals surface area (Å²) in [6.07, 6.45) is 2.03. The van der Waals surface area contributed by atoms with E-state index in [1.165, 1.54) is 12.6 Å². The highest BCUT2D eigenvalue weighted by Gasteiger charge is 2.28. The molecule has 1 N–H and O–H groups in total. The fraction of sp³-hybridized carbons (Fsp3) is 0.636. The maximum atomic E-state index is 12.2. The van der Waals surface area contributed by atoms with Crippen molar-refractivity contribution in [3.63, 3.8) is 0 Å². The molecule has 2 rings (SSSR count). The third-order valence-corrected chi connectivity index (χ3v) is 6.13. The second kappa shape index (κ2) is 6.17. The molecule has 0 saturated carbocycles. The Balaban J connectivity index is 2.10. The van der Waals surface area contributed by atoms with Crippen LogP contribution in [0.2, 0.25) is 0 Å². The van der Waals surface area contributed by atoms with Gasteiger partial charge in [-0.2, -0.15) is 0 Å². The van der Waals surface area contributed by atoms with Gasteiger partial charge in [0, 0.05) is 12.6 Å². The third-order valence-electron chi connectivity index (χ3n) is 3.34. The van der Waals surface area contributed by atoms with Crippen molar-refractivity contribution < 1.29 is 17.9 Å². The normalized spacial score (nSPS) is 20.2. The zero-order valence-electron chi connectivity index (χ0n) is 11.3. The molecule has 0 aliphatic carbocycles. The van der Waals surface area contributed by atoms with Crippen molar-refractivity contribution in [1.82, 2.24) is 14.6 Å². The summed E-state index contributed by atoms with van der Waals surface area (Å²) in [5, 5.41) is 0. The van der Waals surface area contributed by atoms with Crippen LogP contribution in [0.1, 0.15) is 23.3 Å². The number of methoxy groups -OCH3 is 1. The number of likely N-dealkylation sites (tertiary alicyclic amines) is 1. The lowest BCUT2D eigenvalue weighted by atomic mass is 10.2. The van der Waals surface area contributed by atoms with Crippen molar-refractivity contribution in [1.29, 1.82) is 0 Å². The molecule has 7 nitrogen and oxygen atoms in total. The lowest BCUT2D eigenvalue weighted by Crippen LogP contribution is -2.38. The number of likely N-dealkylation sites (N-methyl/N-ethyl adjacent to an activating group) is 1. The summed E-state index contributed by atoms with van der Waals surface area (Å²) in [5.41, 5.74) is 1.16. The lowest BCUT2D eigenvalue weighted by molar-refractivity contribution is 0.0590. The molecule has 112 valence electrons. The maximum absolute atomic E-state index is 12.2. The van der Waals surface area contributed by atoms with Crippen LogP contribution < -0.4 is 4.72 Å². The van der Waals surface area contributed by atoms with Crippen molar-refractivity contribution in [2.75, 3.05) is 27.2 Å². The van der Waals surface area contributed by atoms with E-state index in [-0.39, 0.29) is 15.9 Å². The summed E-state index contributed by atoms with van der Waals surface area (Å²) in [5.74, 6) is -0.746. The molecule has 0 spiro atoms. The first-order valence-corrected chi connectivity index (χ1v) is 8.53. The highest BCUT2D eigenvalue weighted by Crippen LogP contribution is 2.21. The minimum Gasteiger partial charge on any atom is -0.464 e. The van der Waals surface area contributed by atoms with Gasteiger partial charge in [-0.25, -0.2) is 22.9 Å². The van der Waals surface area contributed by atoms with Gasteiger partial charge in [0.2, 0.25) is 0 Å². The summed E-state index contributed by atoms with van der Waals surface area (Å²) < 4.78 is 31.4. The second-order valence-electron chi connectivity index (χ2n) is 4.61. The van der Waals surface area contributed by atoms with Crippen molar-refractivity contribution in [3.05, 3.63) is 11.2 Å². The number of sulfonamides is 1. The SMILES string of the molecule is COC(=O)c1ncsc1S(=O)(=O)NCC1CCCN1C. The summed E-state index contributed by atoms with van der Waals surface area (Å²) in [4.78, 5) is 17.4. The average molecular weight is 319 g/mol. The molecule has 9 heteroatoms. The largest absolute Gasteiger partial charge is 0.464 e. The Morgan fingerprint density at radius 1 is 1.65 bits per heavy atom. The van der Waals surface area contributed by atoms with Crippen LogP contribution in [0.15, 0.2) is 9.72 Å². The van der Waals surface area contributed by atoms with Crippen molar-refractivity contribution in [2.24, 2.45) is 0 Å². The minimum absolute atomic E-state index is 0.0926. The predicted octanol–water partition coefficient (Wildman–Crippen LogP) is 0.302. The zero-order valence-corrected chi connectivity index (χ0v) is 13.0. The number of esters is 1. The number of nitrogens with zero attached hydrogens (tertiary/aromatic N) is 2. The first kappa shape index (κ1) is 15.4. The molecule has 1 fully saturated rings. The van der Waals surface area contributed by atoms with Crippen LogP contribution in [-0.2, 0) is 14.8 Å². The standard InChI is InChI=1S/C11H17N3O4S2/c1-14-5-3-4-8(14)6-13-20(16,17)11-9(10(15)18-2)12-7-19-11/h7-8,13H,3-6H2,1-2H3. The van der Waals surface area contributed by atoms with Gasteiger partial charge in [-0.3, -0.25) is 0 Å². The molecule has 1 saturated heterocycles. The Morgan fingerprint density at radius 3 is 3.00 bits per heavy atom. The fourth-order valence-electron chi connectivity index (χ4n) is 2.17. The first-order valence-electron chi connectivity index (χ1n) is 6.17. The molecule has 1 aliphatic rings. The van der Waals surface area contributed by atoms with Crippen LogP contribution in [0.3, 0.4) is 0 Å². The molecule has 20 heavy (non-hydrogen) atoms. The van der Waals surface area contributed by atoms with Crippen LogP contribution >= 0.6 is 11.3 Å². The molecule has 1 aromatic heterocycles. The van der Waals surface area contributed by atoms with Gasteiger partial charge < -0.3 is 9.64 Å².